The second-order valence-corrected chi connectivity index (χ2v) is 3.54. The molecule has 94 valence electrons. The average molecular weight is 245 g/mol. The monoisotopic (exact) mass is 245 g/mol. The number of hydrogen-bond donors (Lipinski definition) is 3. The predicted molar refractivity (Wildman–Crippen MR) is 70.1 cm³/mol. The fraction of sp³-hybridized carbons (Fsp3) is 0.250. The number of amides is 2. The van der Waals surface area contributed by atoms with Gasteiger partial charge in [-0.3, -0.25) is 10.3 Å². The summed E-state index contributed by atoms with van der Waals surface area (Å²) < 4.78 is 0. The van der Waals surface area contributed by atoms with E-state index < -0.39 is 6.03 Å². The van der Waals surface area contributed by atoms with Crippen LogP contribution in [0.1, 0.15) is 18.9 Å². The van der Waals surface area contributed by atoms with Gasteiger partial charge in [0.15, 0.2) is 5.96 Å². The summed E-state index contributed by atoms with van der Waals surface area (Å²) in [5, 5.41) is 13.6. The molecule has 1 aromatic rings. The van der Waals surface area contributed by atoms with Crippen molar-refractivity contribution in [3.05, 3.63) is 29.8 Å². The summed E-state index contributed by atoms with van der Waals surface area (Å²) in [5.41, 5.74) is 6.61. The number of nitrogens with two attached hydrogens (primary N) is 1. The van der Waals surface area contributed by atoms with Crippen molar-refractivity contribution in [1.82, 2.24) is 5.32 Å². The van der Waals surface area contributed by atoms with Gasteiger partial charge in [0.1, 0.15) is 0 Å². The molecule has 0 bridgehead atoms. The maximum Gasteiger partial charge on any atom is 0.325 e. The van der Waals surface area contributed by atoms with Crippen molar-refractivity contribution >= 4 is 17.7 Å². The average Bonchev–Trinajstić information content (AvgIpc) is 2.37. The zero-order valence-electron chi connectivity index (χ0n) is 10.1. The Hall–Kier alpha value is -2.55. The minimum atomic E-state index is -0.461. The summed E-state index contributed by atoms with van der Waals surface area (Å²) in [6.07, 6.45) is 0.861. The minimum absolute atomic E-state index is 0.0861. The van der Waals surface area contributed by atoms with Gasteiger partial charge in [-0.2, -0.15) is 5.26 Å². The van der Waals surface area contributed by atoms with Crippen molar-refractivity contribution in [2.24, 2.45) is 10.7 Å². The number of rotatable bonds is 3. The number of carbonyl (C=O) groups excluding carboxylic acids is 1. The van der Waals surface area contributed by atoms with Crippen LogP contribution < -0.4 is 16.4 Å². The Labute approximate surface area is 106 Å². The van der Waals surface area contributed by atoms with E-state index in [2.05, 4.69) is 15.6 Å². The third kappa shape index (κ3) is 4.53. The fourth-order valence-corrected chi connectivity index (χ4v) is 1.18. The highest BCUT2D eigenvalue weighted by molar-refractivity contribution is 6.01. The van der Waals surface area contributed by atoms with Crippen LogP contribution >= 0.6 is 0 Å². The van der Waals surface area contributed by atoms with Gasteiger partial charge in [0.2, 0.25) is 0 Å². The van der Waals surface area contributed by atoms with Crippen molar-refractivity contribution in [2.75, 3.05) is 11.9 Å². The minimum Gasteiger partial charge on any atom is -0.370 e. The molecular formula is C12H15N5O. The molecule has 6 heteroatoms. The molecule has 0 saturated heterocycles. The van der Waals surface area contributed by atoms with Crippen molar-refractivity contribution in [2.45, 2.75) is 13.3 Å². The Kier molecular flexibility index (Phi) is 5.19. The van der Waals surface area contributed by atoms with Crippen LogP contribution in [0.3, 0.4) is 0 Å². The van der Waals surface area contributed by atoms with E-state index in [-0.39, 0.29) is 5.96 Å². The number of aliphatic imine (C=N–C) groups is 1. The second kappa shape index (κ2) is 6.91. The summed E-state index contributed by atoms with van der Waals surface area (Å²) in [7, 11) is 0. The predicted octanol–water partition coefficient (Wildman–Crippen LogP) is 1.40. The topological polar surface area (TPSA) is 103 Å². The van der Waals surface area contributed by atoms with Gasteiger partial charge in [0.25, 0.3) is 0 Å². The van der Waals surface area contributed by atoms with Crippen LogP contribution in [-0.2, 0) is 0 Å². The Morgan fingerprint density at radius 2 is 2.11 bits per heavy atom. The number of hydrogen-bond acceptors (Lipinski definition) is 3. The zero-order chi connectivity index (χ0) is 13.4. The van der Waals surface area contributed by atoms with E-state index in [1.54, 1.807) is 24.3 Å². The molecule has 18 heavy (non-hydrogen) atoms. The molecule has 0 heterocycles. The van der Waals surface area contributed by atoms with Crippen LogP contribution in [0.15, 0.2) is 29.3 Å². The number of benzene rings is 1. The molecule has 0 aliphatic heterocycles. The second-order valence-electron chi connectivity index (χ2n) is 3.54. The van der Waals surface area contributed by atoms with E-state index in [0.29, 0.717) is 17.8 Å². The molecule has 1 aromatic carbocycles. The van der Waals surface area contributed by atoms with Crippen LogP contribution in [-0.4, -0.2) is 18.5 Å². The summed E-state index contributed by atoms with van der Waals surface area (Å²) >= 11 is 0. The summed E-state index contributed by atoms with van der Waals surface area (Å²) in [4.78, 5) is 15.4. The fourth-order valence-electron chi connectivity index (χ4n) is 1.18. The quantitative estimate of drug-likeness (QED) is 0.554. The van der Waals surface area contributed by atoms with Crippen LogP contribution in [0, 0.1) is 11.3 Å². The summed E-state index contributed by atoms with van der Waals surface area (Å²) in [5.74, 6) is 0.0861. The zero-order valence-corrected chi connectivity index (χ0v) is 10.1. The standard InChI is InChI=1S/C12H15N5O/c1-2-7-15-11(14)17-12(18)16-10-5-3-9(8-13)4-6-10/h3-6H,2,7H2,1H3,(H4,14,15,16,17,18). The molecule has 6 nitrogen and oxygen atoms in total. The van der Waals surface area contributed by atoms with E-state index in [4.69, 9.17) is 11.0 Å². The number of urea groups is 1. The molecule has 0 spiro atoms. The van der Waals surface area contributed by atoms with E-state index in [9.17, 15) is 4.79 Å². The highest BCUT2D eigenvalue weighted by atomic mass is 16.2. The molecule has 0 fully saturated rings. The lowest BCUT2D eigenvalue weighted by Crippen LogP contribution is -2.39. The summed E-state index contributed by atoms with van der Waals surface area (Å²) in [6, 6.07) is 8.04. The van der Waals surface area contributed by atoms with Gasteiger partial charge in [-0.25, -0.2) is 4.79 Å². The third-order valence-corrected chi connectivity index (χ3v) is 2.02. The lowest BCUT2D eigenvalue weighted by atomic mass is 10.2. The normalized spacial score (nSPS) is 10.6. The van der Waals surface area contributed by atoms with Crippen LogP contribution in [0.4, 0.5) is 10.5 Å². The van der Waals surface area contributed by atoms with Gasteiger partial charge in [-0.1, -0.05) is 6.92 Å². The van der Waals surface area contributed by atoms with Crippen LogP contribution in [0.25, 0.3) is 0 Å². The van der Waals surface area contributed by atoms with Crippen molar-refractivity contribution in [1.29, 1.82) is 5.26 Å². The van der Waals surface area contributed by atoms with Gasteiger partial charge < -0.3 is 11.1 Å². The highest BCUT2D eigenvalue weighted by Gasteiger charge is 2.02. The number of nitrogens with one attached hydrogen (secondary N) is 2. The van der Waals surface area contributed by atoms with Gasteiger partial charge in [-0.15, -0.1) is 0 Å². The van der Waals surface area contributed by atoms with E-state index in [1.807, 2.05) is 13.0 Å². The van der Waals surface area contributed by atoms with Gasteiger partial charge >= 0.3 is 6.03 Å². The molecule has 0 atom stereocenters. The first-order valence-electron chi connectivity index (χ1n) is 5.53. The van der Waals surface area contributed by atoms with Gasteiger partial charge in [0, 0.05) is 12.2 Å². The smallest absolute Gasteiger partial charge is 0.325 e. The third-order valence-electron chi connectivity index (χ3n) is 2.02. The Morgan fingerprint density at radius 1 is 1.44 bits per heavy atom. The molecule has 0 saturated carbocycles. The molecule has 0 aliphatic carbocycles. The van der Waals surface area contributed by atoms with E-state index in [1.165, 1.54) is 0 Å². The molecule has 4 N–H and O–H groups in total. The number of nitrogens with zero attached hydrogens (tertiary/aromatic N) is 2. The number of carbonyl (C=O) groups is 1. The van der Waals surface area contributed by atoms with Crippen LogP contribution in [0.2, 0.25) is 0 Å². The van der Waals surface area contributed by atoms with Crippen molar-refractivity contribution < 1.29 is 4.79 Å². The first kappa shape index (κ1) is 13.5. The molecule has 0 radical (unpaired) electrons. The number of nitriles is 1. The SMILES string of the molecule is CCCN=C(N)NC(=O)Nc1ccc(C#N)cc1. The molecule has 0 aromatic heterocycles. The van der Waals surface area contributed by atoms with E-state index in [0.717, 1.165) is 6.42 Å². The molecular weight excluding hydrogens is 230 g/mol. The maximum absolute atomic E-state index is 11.5. The number of anilines is 1. The highest BCUT2D eigenvalue weighted by Crippen LogP contribution is 2.08. The first-order valence-corrected chi connectivity index (χ1v) is 5.53. The largest absolute Gasteiger partial charge is 0.370 e. The van der Waals surface area contributed by atoms with Crippen molar-refractivity contribution in [3.63, 3.8) is 0 Å². The summed E-state index contributed by atoms with van der Waals surface area (Å²) in [6.45, 7) is 2.54. The van der Waals surface area contributed by atoms with E-state index >= 15 is 0 Å². The Bertz CT molecular complexity index is 472. The first-order chi connectivity index (χ1) is 8.65. The molecule has 2 amide bonds. The molecule has 0 aliphatic rings. The molecule has 1 rings (SSSR count). The lowest BCUT2D eigenvalue weighted by Gasteiger charge is -2.06. The Morgan fingerprint density at radius 3 is 2.67 bits per heavy atom. The Balaban J connectivity index is 2.51. The van der Waals surface area contributed by atoms with Gasteiger partial charge in [-0.05, 0) is 30.7 Å². The van der Waals surface area contributed by atoms with Crippen LogP contribution in [0.5, 0.6) is 0 Å². The number of guanidine groups is 1. The van der Waals surface area contributed by atoms with Gasteiger partial charge in [0.05, 0.1) is 11.6 Å². The van der Waals surface area contributed by atoms with Crippen molar-refractivity contribution in [3.8, 4) is 6.07 Å². The lowest BCUT2D eigenvalue weighted by molar-refractivity contribution is 0.256. The maximum atomic E-state index is 11.5. The molecule has 0 unspecified atom stereocenters.